The maximum absolute atomic E-state index is 16.1. The monoisotopic (exact) mass is 554 g/mol. The molecule has 1 atom stereocenters. The molecule has 1 aliphatic rings. The van der Waals surface area contributed by atoms with Crippen LogP contribution >= 0.6 is 0 Å². The maximum atomic E-state index is 16.1. The molecule has 1 saturated heterocycles. The van der Waals surface area contributed by atoms with Gasteiger partial charge in [0.05, 0.1) is 19.5 Å². The number of amides is 1. The predicted molar refractivity (Wildman–Crippen MR) is 161 cm³/mol. The Morgan fingerprint density at radius 1 is 1.22 bits per heavy atom. The van der Waals surface area contributed by atoms with Crippen LogP contribution in [0.5, 0.6) is 0 Å². The van der Waals surface area contributed by atoms with Gasteiger partial charge in [0.25, 0.3) is 0 Å². The third-order valence-electron chi connectivity index (χ3n) is 7.48. The summed E-state index contributed by atoms with van der Waals surface area (Å²) in [6, 6.07) is 9.74. The normalized spacial score (nSPS) is 16.0. The van der Waals surface area contributed by atoms with Gasteiger partial charge in [-0.3, -0.25) is 9.78 Å². The summed E-state index contributed by atoms with van der Waals surface area (Å²) in [6.07, 6.45) is 4.28. The van der Waals surface area contributed by atoms with E-state index in [1.54, 1.807) is 41.4 Å². The lowest BCUT2D eigenvalue weighted by molar-refractivity contribution is -0.126. The van der Waals surface area contributed by atoms with E-state index in [1.807, 2.05) is 32.6 Å². The number of nitrogens with zero attached hydrogens (tertiary/aromatic N) is 6. The Bertz CT molecular complexity index is 1830. The van der Waals surface area contributed by atoms with E-state index in [2.05, 4.69) is 16.5 Å². The Morgan fingerprint density at radius 2 is 2.00 bits per heavy atom. The molecule has 1 fully saturated rings. The van der Waals surface area contributed by atoms with Gasteiger partial charge in [-0.25, -0.2) is 18.7 Å². The summed E-state index contributed by atoms with van der Waals surface area (Å²) in [5, 5.41) is 0.337. The highest BCUT2D eigenvalue weighted by Gasteiger charge is 2.30. The third-order valence-corrected chi connectivity index (χ3v) is 7.48. The minimum absolute atomic E-state index is 0.0204. The van der Waals surface area contributed by atoms with E-state index in [1.165, 1.54) is 22.8 Å². The number of carbonyl (C=O) groups is 1. The van der Waals surface area contributed by atoms with Gasteiger partial charge in [-0.2, -0.15) is 4.98 Å². The number of rotatable bonds is 6. The largest absolute Gasteiger partial charge is 0.355 e. The first kappa shape index (κ1) is 25.3. The van der Waals surface area contributed by atoms with Crippen LogP contribution in [0.2, 0.25) is 0 Å². The summed E-state index contributed by atoms with van der Waals surface area (Å²) < 4.78 is 32.8. The van der Waals surface area contributed by atoms with Gasteiger partial charge >= 0.3 is 5.69 Å². The molecule has 5 rings (SSSR count). The molecule has 3 aromatic heterocycles. The third kappa shape index (κ3) is 4.92. The zero-order valence-corrected chi connectivity index (χ0v) is 23.6. The van der Waals surface area contributed by atoms with Crippen LogP contribution in [0.3, 0.4) is 0 Å². The average molecular weight is 555 g/mol. The molecule has 41 heavy (non-hydrogen) atoms. The predicted octanol–water partition coefficient (Wildman–Crippen LogP) is 5.28. The van der Waals surface area contributed by atoms with Crippen molar-refractivity contribution in [2.24, 2.45) is 0 Å². The molecule has 8 nitrogen and oxygen atoms in total. The standard InChI is InChI=1S/C32H33FN6O2/c1-7-22-11-9-10-12-23(22)28-25(33)17-24-30(38-16-15-37(18-21(38)6)26(40)8-2)36-32(41)39(31(24)35-28)29-20(5)13-14-34-27(29)19(3)4/h7-14,17,19,21H,1-2,15-16,18H2,3-6H3/t21-/m0/s1/i1D2. The van der Waals surface area contributed by atoms with E-state index in [9.17, 15) is 9.59 Å². The Morgan fingerprint density at radius 3 is 2.71 bits per heavy atom. The number of piperazine rings is 1. The van der Waals surface area contributed by atoms with Crippen LogP contribution in [0.15, 0.2) is 66.6 Å². The summed E-state index contributed by atoms with van der Waals surface area (Å²) in [6.45, 7) is 12.0. The van der Waals surface area contributed by atoms with Gasteiger partial charge in [-0.1, -0.05) is 57.3 Å². The van der Waals surface area contributed by atoms with Gasteiger partial charge in [-0.05, 0) is 49.1 Å². The zero-order chi connectivity index (χ0) is 31.0. The minimum Gasteiger partial charge on any atom is -0.350 e. The molecular weight excluding hydrogens is 519 g/mol. The number of fused-ring (bicyclic) bond motifs is 1. The smallest absolute Gasteiger partial charge is 0.350 e. The number of hydrogen-bond donors (Lipinski definition) is 0. The molecule has 4 aromatic rings. The van der Waals surface area contributed by atoms with Crippen LogP contribution in [-0.4, -0.2) is 56.0 Å². The fraction of sp³-hybridized carbons (Fsp3) is 0.281. The van der Waals surface area contributed by atoms with E-state index in [0.717, 1.165) is 5.56 Å². The lowest BCUT2D eigenvalue weighted by atomic mass is 10.0. The Labute approximate surface area is 241 Å². The lowest BCUT2D eigenvalue weighted by Crippen LogP contribution is -2.54. The van der Waals surface area contributed by atoms with Crippen molar-refractivity contribution in [3.63, 3.8) is 0 Å². The molecule has 1 aliphatic heterocycles. The second-order valence-electron chi connectivity index (χ2n) is 10.5. The number of halogens is 1. The Balaban J connectivity index is 1.83. The van der Waals surface area contributed by atoms with Crippen LogP contribution in [0.4, 0.5) is 10.2 Å². The SMILES string of the molecule is [2H]C([2H])=Cc1ccccc1-c1nc2c(cc1F)c(N1CCN(C(=O)C=C)C[C@@H]1C)nc(=O)n2-c1c(C)ccnc1C(C)C. The van der Waals surface area contributed by atoms with Gasteiger partial charge in [0.2, 0.25) is 5.91 Å². The van der Waals surface area contributed by atoms with E-state index < -0.39 is 18.0 Å². The molecule has 210 valence electrons. The Kier molecular flexibility index (Phi) is 6.84. The second-order valence-corrected chi connectivity index (χ2v) is 10.5. The number of carbonyl (C=O) groups excluding carboxylic acids is 1. The molecule has 0 N–H and O–H groups in total. The molecule has 4 heterocycles. The first-order valence-electron chi connectivity index (χ1n) is 14.5. The van der Waals surface area contributed by atoms with Crippen molar-refractivity contribution in [2.45, 2.75) is 39.7 Å². The van der Waals surface area contributed by atoms with Crippen LogP contribution < -0.4 is 10.6 Å². The van der Waals surface area contributed by atoms with Gasteiger partial charge in [-0.15, -0.1) is 0 Å². The van der Waals surface area contributed by atoms with Gasteiger partial charge in [0, 0.05) is 37.4 Å². The van der Waals surface area contributed by atoms with Crippen molar-refractivity contribution < 1.29 is 11.9 Å². The van der Waals surface area contributed by atoms with Crippen molar-refractivity contribution in [3.05, 3.63) is 94.9 Å². The van der Waals surface area contributed by atoms with Crippen LogP contribution in [0.25, 0.3) is 34.1 Å². The fourth-order valence-corrected chi connectivity index (χ4v) is 5.44. The molecule has 1 amide bonds. The van der Waals surface area contributed by atoms with Crippen molar-refractivity contribution in [1.29, 1.82) is 0 Å². The van der Waals surface area contributed by atoms with Gasteiger partial charge < -0.3 is 9.80 Å². The quantitative estimate of drug-likeness (QED) is 0.302. The average Bonchev–Trinajstić information content (AvgIpc) is 2.96. The molecule has 0 saturated carbocycles. The molecular formula is C32H33FN6O2. The highest BCUT2D eigenvalue weighted by atomic mass is 19.1. The highest BCUT2D eigenvalue weighted by molar-refractivity contribution is 5.91. The number of aromatic nitrogens is 4. The highest BCUT2D eigenvalue weighted by Crippen LogP contribution is 2.34. The zero-order valence-electron chi connectivity index (χ0n) is 25.6. The fourth-order valence-electron chi connectivity index (χ4n) is 5.44. The summed E-state index contributed by atoms with van der Waals surface area (Å²) in [7, 11) is 0. The molecule has 0 radical (unpaired) electrons. The number of aryl methyl sites for hydroxylation is 1. The topological polar surface area (TPSA) is 84.2 Å². The number of pyridine rings is 2. The minimum atomic E-state index is -0.641. The van der Waals surface area contributed by atoms with Crippen molar-refractivity contribution in [3.8, 4) is 16.9 Å². The maximum Gasteiger partial charge on any atom is 0.355 e. The molecule has 9 heteroatoms. The van der Waals surface area contributed by atoms with Gasteiger partial charge in [0.15, 0.2) is 5.65 Å². The van der Waals surface area contributed by atoms with Crippen LogP contribution in [0.1, 0.15) is 46.3 Å². The van der Waals surface area contributed by atoms with Crippen molar-refractivity contribution in [2.75, 3.05) is 24.5 Å². The summed E-state index contributed by atoms with van der Waals surface area (Å²) >= 11 is 0. The number of anilines is 1. The van der Waals surface area contributed by atoms with Gasteiger partial charge in [0.1, 0.15) is 17.3 Å². The van der Waals surface area contributed by atoms with Crippen molar-refractivity contribution in [1.82, 2.24) is 24.4 Å². The molecule has 0 bridgehead atoms. The van der Waals surface area contributed by atoms with Crippen LogP contribution in [0, 0.1) is 12.7 Å². The summed E-state index contributed by atoms with van der Waals surface area (Å²) in [4.78, 5) is 43.8. The van der Waals surface area contributed by atoms with Crippen LogP contribution in [-0.2, 0) is 4.79 Å². The molecule has 0 aliphatic carbocycles. The van der Waals surface area contributed by atoms with E-state index in [4.69, 9.17) is 7.73 Å². The summed E-state index contributed by atoms with van der Waals surface area (Å²) in [5.41, 5.74) is 2.43. The first-order chi connectivity index (χ1) is 20.5. The molecule has 1 aromatic carbocycles. The molecule has 0 spiro atoms. The van der Waals surface area contributed by atoms with Crippen molar-refractivity contribution >= 4 is 28.8 Å². The first-order valence-corrected chi connectivity index (χ1v) is 13.5. The molecule has 0 unspecified atom stereocenters. The second kappa shape index (κ2) is 11.1. The van der Waals surface area contributed by atoms with E-state index in [-0.39, 0.29) is 35.0 Å². The number of hydrogen-bond acceptors (Lipinski definition) is 6. The van der Waals surface area contributed by atoms with E-state index >= 15 is 4.39 Å². The summed E-state index contributed by atoms with van der Waals surface area (Å²) in [5.74, 6) is -0.571. The lowest BCUT2D eigenvalue weighted by Gasteiger charge is -2.40. The number of benzene rings is 1. The Hall–Kier alpha value is -4.66. The van der Waals surface area contributed by atoms with E-state index in [0.29, 0.717) is 47.5 Å².